The van der Waals surface area contributed by atoms with E-state index in [4.69, 9.17) is 4.74 Å². The van der Waals surface area contributed by atoms with Crippen molar-refractivity contribution in [2.24, 2.45) is 0 Å². The summed E-state index contributed by atoms with van der Waals surface area (Å²) in [4.78, 5) is 32.0. The van der Waals surface area contributed by atoms with Gasteiger partial charge in [-0.1, -0.05) is 24.3 Å². The summed E-state index contributed by atoms with van der Waals surface area (Å²) in [6.45, 7) is 2.92. The van der Waals surface area contributed by atoms with Gasteiger partial charge in [0.2, 0.25) is 0 Å². The maximum atomic E-state index is 12.9. The van der Waals surface area contributed by atoms with Crippen molar-refractivity contribution < 1.29 is 14.3 Å². The first-order valence-electron chi connectivity index (χ1n) is 10.1. The van der Waals surface area contributed by atoms with E-state index < -0.39 is 0 Å². The normalized spacial score (nSPS) is 19.2. The first kappa shape index (κ1) is 17.9. The van der Waals surface area contributed by atoms with Gasteiger partial charge in [-0.3, -0.25) is 9.59 Å². The monoisotopic (exact) mass is 389 g/mol. The van der Waals surface area contributed by atoms with Gasteiger partial charge in [0.05, 0.1) is 6.61 Å². The van der Waals surface area contributed by atoms with E-state index >= 15 is 0 Å². The summed E-state index contributed by atoms with van der Waals surface area (Å²) in [7, 11) is 0. The predicted octanol–water partition coefficient (Wildman–Crippen LogP) is 2.91. The van der Waals surface area contributed by atoms with Crippen molar-refractivity contribution in [1.29, 1.82) is 0 Å². The van der Waals surface area contributed by atoms with E-state index in [0.717, 1.165) is 23.1 Å². The predicted molar refractivity (Wildman–Crippen MR) is 111 cm³/mol. The Morgan fingerprint density at radius 2 is 1.59 bits per heavy atom. The van der Waals surface area contributed by atoms with Gasteiger partial charge in [0, 0.05) is 49.9 Å². The molecule has 3 aromatic rings. The molecular formula is C23H23N3O3. The molecule has 1 unspecified atom stereocenters. The summed E-state index contributed by atoms with van der Waals surface area (Å²) in [6.07, 6.45) is 2.47. The number of aromatic amines is 1. The van der Waals surface area contributed by atoms with Crippen LogP contribution in [0.15, 0.2) is 54.7 Å². The lowest BCUT2D eigenvalue weighted by Crippen LogP contribution is -2.54. The van der Waals surface area contributed by atoms with Crippen LogP contribution in [0.25, 0.3) is 22.0 Å². The summed E-state index contributed by atoms with van der Waals surface area (Å²) in [5.74, 6) is 0.0788. The van der Waals surface area contributed by atoms with Crippen molar-refractivity contribution in [3.63, 3.8) is 0 Å². The first-order chi connectivity index (χ1) is 14.2. The molecule has 1 atom stereocenters. The van der Waals surface area contributed by atoms with Crippen LogP contribution in [0, 0.1) is 0 Å². The maximum Gasteiger partial charge on any atom is 0.253 e. The molecule has 0 saturated carbocycles. The highest BCUT2D eigenvalue weighted by atomic mass is 16.5. The first-order valence-corrected chi connectivity index (χ1v) is 10.1. The van der Waals surface area contributed by atoms with Crippen LogP contribution < -0.4 is 0 Å². The van der Waals surface area contributed by atoms with Crippen LogP contribution in [0.5, 0.6) is 0 Å². The number of nitrogens with one attached hydrogen (secondary N) is 1. The summed E-state index contributed by atoms with van der Waals surface area (Å²) in [5, 5.41) is 1.18. The third kappa shape index (κ3) is 3.40. The molecule has 2 aliphatic rings. The van der Waals surface area contributed by atoms with Gasteiger partial charge in [-0.2, -0.15) is 0 Å². The van der Waals surface area contributed by atoms with Crippen LogP contribution in [-0.2, 0) is 9.53 Å². The average molecular weight is 389 g/mol. The number of rotatable bonds is 3. The fourth-order valence-electron chi connectivity index (χ4n) is 3.98. The third-order valence-electron chi connectivity index (χ3n) is 5.87. The zero-order valence-corrected chi connectivity index (χ0v) is 16.1. The fraction of sp³-hybridized carbons (Fsp3) is 0.304. The Bertz CT molecular complexity index is 1040. The quantitative estimate of drug-likeness (QED) is 0.749. The average Bonchev–Trinajstić information content (AvgIpc) is 3.20. The lowest BCUT2D eigenvalue weighted by molar-refractivity contribution is -0.157. The zero-order valence-electron chi connectivity index (χ0n) is 16.1. The Kier molecular flexibility index (Phi) is 4.56. The molecular weight excluding hydrogens is 366 g/mol. The van der Waals surface area contributed by atoms with Gasteiger partial charge >= 0.3 is 0 Å². The van der Waals surface area contributed by atoms with Gasteiger partial charge in [-0.15, -0.1) is 0 Å². The number of carbonyl (C=O) groups is 2. The second-order valence-electron chi connectivity index (χ2n) is 7.62. The minimum atomic E-state index is -0.269. The second-order valence-corrected chi connectivity index (χ2v) is 7.62. The number of fused-ring (bicyclic) bond motifs is 1. The fourth-order valence-corrected chi connectivity index (χ4v) is 3.98. The van der Waals surface area contributed by atoms with Crippen LogP contribution in [0.3, 0.4) is 0 Å². The largest absolute Gasteiger partial charge is 0.368 e. The van der Waals surface area contributed by atoms with E-state index in [0.29, 0.717) is 38.3 Å². The molecule has 2 amide bonds. The Morgan fingerprint density at radius 3 is 2.28 bits per heavy atom. The number of amides is 2. The molecule has 2 aliphatic heterocycles. The standard InChI is InChI=1S/C23H23N3O3/c27-22(25-10-12-26(13-11-25)23(28)21-8-14-29-21)18-4-1-16(2-5-18)19-6-3-17-7-9-24-20(17)15-19/h1-7,9,15,21,24H,8,10-14H2. The molecule has 0 bridgehead atoms. The van der Waals surface area contributed by atoms with Crippen LogP contribution in [0.1, 0.15) is 16.8 Å². The number of carbonyl (C=O) groups excluding carboxylic acids is 2. The maximum absolute atomic E-state index is 12.9. The SMILES string of the molecule is O=C(c1ccc(-c2ccc3cc[nH]c3c2)cc1)N1CCN(C(=O)C2CCO2)CC1. The van der Waals surface area contributed by atoms with Crippen molar-refractivity contribution in [2.75, 3.05) is 32.8 Å². The highest BCUT2D eigenvalue weighted by Crippen LogP contribution is 2.24. The molecule has 148 valence electrons. The molecule has 0 spiro atoms. The molecule has 2 saturated heterocycles. The van der Waals surface area contributed by atoms with Gasteiger partial charge in [0.1, 0.15) is 6.10 Å². The summed E-state index contributed by atoms with van der Waals surface area (Å²) in [6, 6.07) is 16.1. The lowest BCUT2D eigenvalue weighted by atomic mass is 10.0. The number of H-pyrrole nitrogens is 1. The van der Waals surface area contributed by atoms with Gasteiger partial charge in [0.25, 0.3) is 11.8 Å². The highest BCUT2D eigenvalue weighted by Gasteiger charge is 2.33. The molecule has 3 heterocycles. The highest BCUT2D eigenvalue weighted by molar-refractivity contribution is 5.95. The molecule has 6 nitrogen and oxygen atoms in total. The molecule has 1 N–H and O–H groups in total. The van der Waals surface area contributed by atoms with E-state index in [9.17, 15) is 9.59 Å². The van der Waals surface area contributed by atoms with Crippen molar-refractivity contribution in [2.45, 2.75) is 12.5 Å². The summed E-state index contributed by atoms with van der Waals surface area (Å²) in [5.41, 5.74) is 3.97. The molecule has 0 aliphatic carbocycles. The number of aromatic nitrogens is 1. The molecule has 6 heteroatoms. The third-order valence-corrected chi connectivity index (χ3v) is 5.87. The Labute approximate surface area is 169 Å². The van der Waals surface area contributed by atoms with Gasteiger partial charge in [-0.25, -0.2) is 0 Å². The molecule has 29 heavy (non-hydrogen) atoms. The van der Waals surface area contributed by atoms with Crippen LogP contribution in [0.2, 0.25) is 0 Å². The van der Waals surface area contributed by atoms with Crippen LogP contribution in [0.4, 0.5) is 0 Å². The number of benzene rings is 2. The zero-order chi connectivity index (χ0) is 19.8. The number of hydrogen-bond donors (Lipinski definition) is 1. The Morgan fingerprint density at radius 1 is 0.897 bits per heavy atom. The molecule has 1 aromatic heterocycles. The number of ether oxygens (including phenoxy) is 1. The van der Waals surface area contributed by atoms with Gasteiger partial charge in [-0.05, 0) is 40.8 Å². The van der Waals surface area contributed by atoms with E-state index in [1.807, 2.05) is 46.3 Å². The summed E-state index contributed by atoms with van der Waals surface area (Å²) >= 11 is 0. The number of nitrogens with zero attached hydrogens (tertiary/aromatic N) is 2. The molecule has 0 radical (unpaired) electrons. The summed E-state index contributed by atoms with van der Waals surface area (Å²) < 4.78 is 5.28. The van der Waals surface area contributed by atoms with E-state index in [1.54, 1.807) is 0 Å². The second kappa shape index (κ2) is 7.37. The van der Waals surface area contributed by atoms with Crippen LogP contribution >= 0.6 is 0 Å². The van der Waals surface area contributed by atoms with E-state index in [2.05, 4.69) is 23.2 Å². The number of hydrogen-bond acceptors (Lipinski definition) is 3. The minimum Gasteiger partial charge on any atom is -0.368 e. The van der Waals surface area contributed by atoms with Crippen molar-refractivity contribution in [1.82, 2.24) is 14.8 Å². The van der Waals surface area contributed by atoms with Crippen molar-refractivity contribution >= 4 is 22.7 Å². The Balaban J connectivity index is 1.24. The molecule has 2 aromatic carbocycles. The van der Waals surface area contributed by atoms with Crippen molar-refractivity contribution in [3.8, 4) is 11.1 Å². The van der Waals surface area contributed by atoms with E-state index in [-0.39, 0.29) is 17.9 Å². The van der Waals surface area contributed by atoms with E-state index in [1.165, 1.54) is 5.39 Å². The number of piperazine rings is 1. The molecule has 5 rings (SSSR count). The minimum absolute atomic E-state index is 0.0170. The molecule has 2 fully saturated rings. The Hall–Kier alpha value is -3.12. The van der Waals surface area contributed by atoms with Gasteiger partial charge < -0.3 is 19.5 Å². The van der Waals surface area contributed by atoms with Crippen molar-refractivity contribution in [3.05, 3.63) is 60.3 Å². The smallest absolute Gasteiger partial charge is 0.253 e. The topological polar surface area (TPSA) is 65.6 Å². The van der Waals surface area contributed by atoms with Crippen LogP contribution in [-0.4, -0.2) is 65.5 Å². The van der Waals surface area contributed by atoms with Gasteiger partial charge in [0.15, 0.2) is 0 Å². The lowest BCUT2D eigenvalue weighted by Gasteiger charge is -2.38.